The SMILES string of the molecule is Cc1cc(Nc2ncnc3c2CN(C(=O)O)C3)c(=O)n2c1C(=O)NC21CCC1. The Balaban J connectivity index is 1.58. The monoisotopic (exact) mass is 382 g/mol. The van der Waals surface area contributed by atoms with Gasteiger partial charge in [-0.05, 0) is 37.8 Å². The van der Waals surface area contributed by atoms with E-state index >= 15 is 0 Å². The van der Waals surface area contributed by atoms with Crippen molar-refractivity contribution in [3.63, 3.8) is 0 Å². The molecule has 0 saturated heterocycles. The first kappa shape index (κ1) is 16.7. The van der Waals surface area contributed by atoms with Crippen LogP contribution in [0.15, 0.2) is 17.2 Å². The van der Waals surface area contributed by atoms with Gasteiger partial charge >= 0.3 is 6.09 Å². The molecule has 5 rings (SSSR count). The van der Waals surface area contributed by atoms with E-state index in [9.17, 15) is 19.5 Å². The Morgan fingerprint density at radius 1 is 1.29 bits per heavy atom. The highest BCUT2D eigenvalue weighted by Gasteiger charge is 2.48. The first-order valence-corrected chi connectivity index (χ1v) is 9.07. The third kappa shape index (κ3) is 2.17. The maximum atomic E-state index is 13.2. The number of carboxylic acid groups (broad SMARTS) is 1. The van der Waals surface area contributed by atoms with Gasteiger partial charge in [0.15, 0.2) is 0 Å². The first-order chi connectivity index (χ1) is 13.4. The van der Waals surface area contributed by atoms with Crippen LogP contribution in [0.4, 0.5) is 16.3 Å². The van der Waals surface area contributed by atoms with Gasteiger partial charge in [0.25, 0.3) is 11.5 Å². The van der Waals surface area contributed by atoms with Crippen LogP contribution in [-0.4, -0.2) is 36.5 Å². The van der Waals surface area contributed by atoms with E-state index < -0.39 is 11.8 Å². The van der Waals surface area contributed by atoms with Crippen molar-refractivity contribution in [2.75, 3.05) is 5.32 Å². The minimum Gasteiger partial charge on any atom is -0.465 e. The summed E-state index contributed by atoms with van der Waals surface area (Å²) in [6, 6.07) is 1.64. The van der Waals surface area contributed by atoms with Crippen LogP contribution in [0.2, 0.25) is 0 Å². The van der Waals surface area contributed by atoms with Gasteiger partial charge in [-0.2, -0.15) is 0 Å². The third-order valence-electron chi connectivity index (χ3n) is 5.81. The number of aryl methyl sites for hydroxylation is 1. The lowest BCUT2D eigenvalue weighted by atomic mass is 9.85. The molecule has 1 aliphatic carbocycles. The molecule has 28 heavy (non-hydrogen) atoms. The molecule has 1 saturated carbocycles. The molecule has 2 amide bonds. The van der Waals surface area contributed by atoms with Gasteiger partial charge in [0.2, 0.25) is 0 Å². The first-order valence-electron chi connectivity index (χ1n) is 9.07. The number of hydrogen-bond donors (Lipinski definition) is 3. The summed E-state index contributed by atoms with van der Waals surface area (Å²) in [6.45, 7) is 2.14. The molecule has 2 aliphatic heterocycles. The molecule has 1 fully saturated rings. The van der Waals surface area contributed by atoms with Crippen molar-refractivity contribution in [1.29, 1.82) is 0 Å². The predicted octanol–water partition coefficient (Wildman–Crippen LogP) is 1.26. The molecule has 10 nitrogen and oxygen atoms in total. The maximum absolute atomic E-state index is 13.2. The summed E-state index contributed by atoms with van der Waals surface area (Å²) in [5.74, 6) is 0.187. The molecule has 144 valence electrons. The molecule has 4 heterocycles. The molecular formula is C18H18N6O4. The van der Waals surface area contributed by atoms with Crippen molar-refractivity contribution >= 4 is 23.5 Å². The average molecular weight is 382 g/mol. The van der Waals surface area contributed by atoms with E-state index in [-0.39, 0.29) is 24.6 Å². The van der Waals surface area contributed by atoms with E-state index in [1.807, 2.05) is 0 Å². The lowest BCUT2D eigenvalue weighted by Gasteiger charge is -2.39. The van der Waals surface area contributed by atoms with E-state index in [1.165, 1.54) is 11.2 Å². The molecule has 0 unspecified atom stereocenters. The van der Waals surface area contributed by atoms with Crippen LogP contribution in [0.5, 0.6) is 0 Å². The van der Waals surface area contributed by atoms with Gasteiger partial charge in [-0.15, -0.1) is 0 Å². The number of amides is 2. The van der Waals surface area contributed by atoms with Gasteiger partial charge in [-0.25, -0.2) is 14.8 Å². The van der Waals surface area contributed by atoms with Crippen LogP contribution in [-0.2, 0) is 18.8 Å². The third-order valence-corrected chi connectivity index (χ3v) is 5.81. The van der Waals surface area contributed by atoms with Crippen LogP contribution >= 0.6 is 0 Å². The molecular weight excluding hydrogens is 364 g/mol. The largest absolute Gasteiger partial charge is 0.465 e. The van der Waals surface area contributed by atoms with Crippen molar-refractivity contribution in [3.8, 4) is 0 Å². The summed E-state index contributed by atoms with van der Waals surface area (Å²) in [5, 5.41) is 15.3. The van der Waals surface area contributed by atoms with Gasteiger partial charge in [0.05, 0.1) is 18.8 Å². The Kier molecular flexibility index (Phi) is 3.31. The second-order valence-corrected chi connectivity index (χ2v) is 7.48. The Bertz CT molecular complexity index is 1100. The van der Waals surface area contributed by atoms with Crippen LogP contribution in [0.3, 0.4) is 0 Å². The number of carbonyl (C=O) groups excluding carboxylic acids is 1. The number of nitrogens with one attached hydrogen (secondary N) is 2. The highest BCUT2D eigenvalue weighted by Crippen LogP contribution is 2.41. The summed E-state index contributed by atoms with van der Waals surface area (Å²) in [5.41, 5.74) is 1.75. The Labute approximate surface area is 159 Å². The maximum Gasteiger partial charge on any atom is 0.407 e. The molecule has 3 aliphatic rings. The van der Waals surface area contributed by atoms with Crippen LogP contribution in [0.1, 0.15) is 46.6 Å². The van der Waals surface area contributed by atoms with Crippen molar-refractivity contribution in [1.82, 2.24) is 24.8 Å². The fourth-order valence-corrected chi connectivity index (χ4v) is 4.26. The van der Waals surface area contributed by atoms with Gasteiger partial charge in [0.1, 0.15) is 29.2 Å². The average Bonchev–Trinajstić information content (AvgIpc) is 3.19. The second-order valence-electron chi connectivity index (χ2n) is 7.48. The summed E-state index contributed by atoms with van der Waals surface area (Å²) in [7, 11) is 0. The lowest BCUT2D eigenvalue weighted by Crippen LogP contribution is -2.52. The fraction of sp³-hybridized carbons (Fsp3) is 0.389. The van der Waals surface area contributed by atoms with Crippen molar-refractivity contribution in [2.24, 2.45) is 0 Å². The standard InChI is InChI=1S/C18H18N6O4/c1-9-5-11(16(26)24-13(9)15(25)22-18(24)3-2-4-18)21-14-10-6-23(17(27)28)7-12(10)19-8-20-14/h5,8H,2-4,6-7H2,1H3,(H,22,25)(H,27,28)(H,19,20,21). The summed E-state index contributed by atoms with van der Waals surface area (Å²) in [4.78, 5) is 46.5. The molecule has 2 aromatic rings. The minimum absolute atomic E-state index is 0.156. The number of nitrogens with zero attached hydrogens (tertiary/aromatic N) is 4. The minimum atomic E-state index is -1.03. The van der Waals surface area contributed by atoms with Crippen LogP contribution in [0.25, 0.3) is 0 Å². The molecule has 0 atom stereocenters. The highest BCUT2D eigenvalue weighted by atomic mass is 16.4. The number of anilines is 2. The number of fused-ring (bicyclic) bond motifs is 3. The van der Waals surface area contributed by atoms with Gasteiger partial charge in [-0.1, -0.05) is 0 Å². The summed E-state index contributed by atoms with van der Waals surface area (Å²) < 4.78 is 1.57. The zero-order valence-electron chi connectivity index (χ0n) is 15.2. The van der Waals surface area contributed by atoms with E-state index in [0.717, 1.165) is 19.3 Å². The molecule has 0 aromatic carbocycles. The second kappa shape index (κ2) is 5.54. The zero-order valence-corrected chi connectivity index (χ0v) is 15.2. The molecule has 1 spiro atoms. The van der Waals surface area contributed by atoms with Crippen LogP contribution < -0.4 is 16.2 Å². The van der Waals surface area contributed by atoms with Gasteiger partial charge in [-0.3, -0.25) is 19.1 Å². The summed E-state index contributed by atoms with van der Waals surface area (Å²) in [6.07, 6.45) is 2.72. The Morgan fingerprint density at radius 2 is 2.07 bits per heavy atom. The van der Waals surface area contributed by atoms with Crippen molar-refractivity contribution < 1.29 is 14.7 Å². The molecule has 2 aromatic heterocycles. The number of hydrogen-bond acceptors (Lipinski definition) is 6. The fourth-order valence-electron chi connectivity index (χ4n) is 4.26. The molecule has 0 radical (unpaired) electrons. The summed E-state index contributed by atoms with van der Waals surface area (Å²) >= 11 is 0. The Hall–Kier alpha value is -3.43. The number of carbonyl (C=O) groups is 2. The zero-order chi connectivity index (χ0) is 19.6. The van der Waals surface area contributed by atoms with E-state index in [0.29, 0.717) is 34.0 Å². The van der Waals surface area contributed by atoms with Crippen molar-refractivity contribution in [3.05, 3.63) is 45.3 Å². The quantitative estimate of drug-likeness (QED) is 0.713. The van der Waals surface area contributed by atoms with E-state index in [4.69, 9.17) is 0 Å². The molecule has 0 bridgehead atoms. The Morgan fingerprint density at radius 3 is 2.75 bits per heavy atom. The van der Waals surface area contributed by atoms with Gasteiger partial charge < -0.3 is 15.7 Å². The normalized spacial score (nSPS) is 18.5. The van der Waals surface area contributed by atoms with Crippen molar-refractivity contribution in [2.45, 2.75) is 44.9 Å². The van der Waals surface area contributed by atoms with Gasteiger partial charge in [0, 0.05) is 5.56 Å². The number of rotatable bonds is 2. The van der Waals surface area contributed by atoms with E-state index in [1.54, 1.807) is 17.6 Å². The molecule has 3 N–H and O–H groups in total. The number of pyridine rings is 1. The highest BCUT2D eigenvalue weighted by molar-refractivity contribution is 5.97. The smallest absolute Gasteiger partial charge is 0.407 e. The predicted molar refractivity (Wildman–Crippen MR) is 97.3 cm³/mol. The molecule has 10 heteroatoms. The lowest BCUT2D eigenvalue weighted by molar-refractivity contribution is 0.0790. The topological polar surface area (TPSA) is 129 Å². The number of aromatic nitrogens is 3. The van der Waals surface area contributed by atoms with E-state index in [2.05, 4.69) is 20.6 Å². The van der Waals surface area contributed by atoms with Crippen LogP contribution in [0, 0.1) is 6.92 Å².